The molecule has 0 unspecified atom stereocenters. The van der Waals surface area contributed by atoms with Gasteiger partial charge in [-0.1, -0.05) is 0 Å². The predicted molar refractivity (Wildman–Crippen MR) is 103 cm³/mol. The zero-order chi connectivity index (χ0) is 19.3. The zero-order valence-electron chi connectivity index (χ0n) is 15.9. The summed E-state index contributed by atoms with van der Waals surface area (Å²) in [7, 11) is -3.51. The molecule has 2 aliphatic rings. The molecule has 3 rings (SSSR count). The molecule has 0 bridgehead atoms. The van der Waals surface area contributed by atoms with E-state index in [2.05, 4.69) is 5.32 Å². The number of ether oxygens (including phenoxy) is 1. The maximum atomic E-state index is 12.6. The Labute approximate surface area is 161 Å². The Morgan fingerprint density at radius 1 is 1.07 bits per heavy atom. The van der Waals surface area contributed by atoms with Crippen molar-refractivity contribution in [3.63, 3.8) is 0 Å². The maximum Gasteiger partial charge on any atom is 0.282 e. The lowest BCUT2D eigenvalue weighted by molar-refractivity contribution is -0.913. The van der Waals surface area contributed by atoms with Crippen molar-refractivity contribution >= 4 is 21.6 Å². The van der Waals surface area contributed by atoms with Crippen LogP contribution in [0.5, 0.6) is 0 Å². The van der Waals surface area contributed by atoms with Crippen LogP contribution in [0, 0.1) is 0 Å². The molecule has 1 atom stereocenters. The van der Waals surface area contributed by atoms with E-state index in [1.807, 2.05) is 6.92 Å². The van der Waals surface area contributed by atoms with Gasteiger partial charge >= 0.3 is 0 Å². The highest BCUT2D eigenvalue weighted by molar-refractivity contribution is 7.89. The first-order valence-corrected chi connectivity index (χ1v) is 11.3. The minimum Gasteiger partial charge on any atom is -0.379 e. The van der Waals surface area contributed by atoms with Gasteiger partial charge in [0.05, 0.1) is 31.2 Å². The van der Waals surface area contributed by atoms with Gasteiger partial charge in [0.15, 0.2) is 6.04 Å². The Balaban J connectivity index is 1.62. The molecular weight excluding hydrogens is 366 g/mol. The number of hydrogen-bond acceptors (Lipinski definition) is 4. The number of sulfonamides is 1. The summed E-state index contributed by atoms with van der Waals surface area (Å²) in [6.07, 6.45) is 4.83. The van der Waals surface area contributed by atoms with Crippen LogP contribution in [-0.2, 0) is 19.6 Å². The van der Waals surface area contributed by atoms with Gasteiger partial charge in [-0.15, -0.1) is 0 Å². The van der Waals surface area contributed by atoms with Crippen LogP contribution < -0.4 is 10.2 Å². The zero-order valence-corrected chi connectivity index (χ0v) is 16.8. The van der Waals surface area contributed by atoms with Gasteiger partial charge in [-0.05, 0) is 56.9 Å². The van der Waals surface area contributed by atoms with E-state index in [0.29, 0.717) is 32.0 Å². The Hall–Kier alpha value is -1.48. The lowest BCUT2D eigenvalue weighted by atomic mass is 10.2. The van der Waals surface area contributed by atoms with Crippen LogP contribution in [0.15, 0.2) is 29.2 Å². The summed E-state index contributed by atoms with van der Waals surface area (Å²) >= 11 is 0. The van der Waals surface area contributed by atoms with Crippen LogP contribution in [0.1, 0.15) is 32.6 Å². The van der Waals surface area contributed by atoms with Crippen molar-refractivity contribution in [3.8, 4) is 0 Å². The fourth-order valence-corrected chi connectivity index (χ4v) is 5.11. The topological polar surface area (TPSA) is 80.2 Å². The SMILES string of the molecule is C[C@H](C(=O)Nc1ccc(S(=O)(=O)N2CCOCC2)cc1)[NH+]1CCCCCC1. The normalized spacial score (nSPS) is 21.4. The number of quaternary nitrogens is 1. The van der Waals surface area contributed by atoms with E-state index in [1.165, 1.54) is 34.9 Å². The maximum absolute atomic E-state index is 12.6. The molecule has 0 aliphatic carbocycles. The van der Waals surface area contributed by atoms with Crippen molar-refractivity contribution in [2.45, 2.75) is 43.5 Å². The van der Waals surface area contributed by atoms with E-state index in [-0.39, 0.29) is 16.8 Å². The van der Waals surface area contributed by atoms with Crippen molar-refractivity contribution in [1.29, 1.82) is 0 Å². The number of nitrogens with zero attached hydrogens (tertiary/aromatic N) is 1. The van der Waals surface area contributed by atoms with Gasteiger partial charge in [-0.3, -0.25) is 4.79 Å². The number of nitrogens with one attached hydrogen (secondary N) is 2. The van der Waals surface area contributed by atoms with Crippen LogP contribution in [0.3, 0.4) is 0 Å². The standard InChI is InChI=1S/C19H29N3O4S/c1-16(21-10-4-2-3-5-11-21)19(23)20-17-6-8-18(9-7-17)27(24,25)22-12-14-26-15-13-22/h6-9,16H,2-5,10-15H2,1H3,(H,20,23)/p+1/t16-/m1/s1. The van der Waals surface area contributed by atoms with Crippen molar-refractivity contribution < 1.29 is 22.8 Å². The van der Waals surface area contributed by atoms with Crippen molar-refractivity contribution in [2.75, 3.05) is 44.7 Å². The smallest absolute Gasteiger partial charge is 0.282 e. The minimum absolute atomic E-state index is 0.0179. The number of rotatable bonds is 5. The van der Waals surface area contributed by atoms with Crippen molar-refractivity contribution in [3.05, 3.63) is 24.3 Å². The number of hydrogen-bond donors (Lipinski definition) is 2. The molecule has 150 valence electrons. The van der Waals surface area contributed by atoms with Gasteiger partial charge in [0.1, 0.15) is 0 Å². The molecule has 2 N–H and O–H groups in total. The van der Waals surface area contributed by atoms with Crippen LogP contribution in [0.25, 0.3) is 0 Å². The first-order chi connectivity index (χ1) is 13.0. The Kier molecular flexibility index (Phi) is 6.86. The molecule has 1 aromatic rings. The van der Waals surface area contributed by atoms with Gasteiger partial charge in [-0.25, -0.2) is 8.42 Å². The first-order valence-electron chi connectivity index (χ1n) is 9.82. The lowest BCUT2D eigenvalue weighted by Crippen LogP contribution is -3.16. The first kappa shape index (κ1) is 20.3. The molecule has 2 fully saturated rings. The number of morpholine rings is 1. The van der Waals surface area contributed by atoms with Gasteiger partial charge in [0, 0.05) is 18.8 Å². The molecule has 7 nitrogen and oxygen atoms in total. The highest BCUT2D eigenvalue weighted by atomic mass is 32.2. The molecular formula is C19H30N3O4S+. The van der Waals surface area contributed by atoms with Gasteiger partial charge in [0.2, 0.25) is 10.0 Å². The van der Waals surface area contributed by atoms with E-state index in [9.17, 15) is 13.2 Å². The van der Waals surface area contributed by atoms with E-state index in [4.69, 9.17) is 4.74 Å². The van der Waals surface area contributed by atoms with Crippen LogP contribution >= 0.6 is 0 Å². The van der Waals surface area contributed by atoms with Crippen LogP contribution in [0.2, 0.25) is 0 Å². The summed E-state index contributed by atoms with van der Waals surface area (Å²) in [4.78, 5) is 14.2. The van der Waals surface area contributed by atoms with Crippen LogP contribution in [0.4, 0.5) is 5.69 Å². The van der Waals surface area contributed by atoms with E-state index >= 15 is 0 Å². The fraction of sp³-hybridized carbons (Fsp3) is 0.632. The lowest BCUT2D eigenvalue weighted by Gasteiger charge is -2.26. The summed E-state index contributed by atoms with van der Waals surface area (Å²) in [5, 5.41) is 2.93. The highest BCUT2D eigenvalue weighted by Crippen LogP contribution is 2.19. The third-order valence-electron chi connectivity index (χ3n) is 5.48. The van der Waals surface area contributed by atoms with Crippen LogP contribution in [-0.4, -0.2) is 64.1 Å². The molecule has 0 radical (unpaired) electrons. The summed E-state index contributed by atoms with van der Waals surface area (Å²) in [6, 6.07) is 6.33. The third kappa shape index (κ3) is 5.07. The number of likely N-dealkylation sites (tertiary alicyclic amines) is 1. The van der Waals surface area contributed by atoms with Gasteiger partial charge in [-0.2, -0.15) is 4.31 Å². The van der Waals surface area contributed by atoms with Gasteiger partial charge in [0.25, 0.3) is 5.91 Å². The summed E-state index contributed by atoms with van der Waals surface area (Å²) in [6.45, 7) is 5.62. The molecule has 2 aliphatic heterocycles. The third-order valence-corrected chi connectivity index (χ3v) is 7.39. The number of amides is 1. The molecule has 27 heavy (non-hydrogen) atoms. The van der Waals surface area contributed by atoms with Crippen molar-refractivity contribution in [1.82, 2.24) is 4.31 Å². The van der Waals surface area contributed by atoms with E-state index < -0.39 is 10.0 Å². The molecule has 1 aromatic carbocycles. The second kappa shape index (κ2) is 9.14. The van der Waals surface area contributed by atoms with E-state index in [0.717, 1.165) is 13.1 Å². The molecule has 8 heteroatoms. The second-order valence-electron chi connectivity index (χ2n) is 7.32. The molecule has 2 saturated heterocycles. The Bertz CT molecular complexity index is 722. The van der Waals surface area contributed by atoms with Gasteiger partial charge < -0.3 is 15.0 Å². The Morgan fingerprint density at radius 2 is 1.67 bits per heavy atom. The molecule has 0 aromatic heterocycles. The molecule has 0 saturated carbocycles. The van der Waals surface area contributed by atoms with Crippen molar-refractivity contribution in [2.24, 2.45) is 0 Å². The summed E-state index contributed by atoms with van der Waals surface area (Å²) in [5.74, 6) is -0.0179. The number of carbonyl (C=O) groups excluding carboxylic acids is 1. The number of anilines is 1. The highest BCUT2D eigenvalue weighted by Gasteiger charge is 2.27. The fourth-order valence-electron chi connectivity index (χ4n) is 3.70. The Morgan fingerprint density at radius 3 is 2.26 bits per heavy atom. The molecule has 1 amide bonds. The summed E-state index contributed by atoms with van der Waals surface area (Å²) in [5.41, 5.74) is 0.627. The quantitative estimate of drug-likeness (QED) is 0.759. The monoisotopic (exact) mass is 396 g/mol. The minimum atomic E-state index is -3.51. The summed E-state index contributed by atoms with van der Waals surface area (Å²) < 4.78 is 32.0. The number of benzene rings is 1. The second-order valence-corrected chi connectivity index (χ2v) is 9.26. The average Bonchev–Trinajstić information content (AvgIpc) is 2.98. The molecule has 0 spiro atoms. The molecule has 2 heterocycles. The average molecular weight is 397 g/mol. The largest absolute Gasteiger partial charge is 0.379 e. The number of carbonyl (C=O) groups is 1. The van der Waals surface area contributed by atoms with E-state index in [1.54, 1.807) is 24.3 Å². The predicted octanol–water partition coefficient (Wildman–Crippen LogP) is 0.493.